The van der Waals surface area contributed by atoms with Crippen LogP contribution in [0.15, 0.2) is 18.2 Å². The molecular weight excluding hydrogens is 266 g/mol. The van der Waals surface area contributed by atoms with Crippen LogP contribution in [0.3, 0.4) is 0 Å². The molecule has 0 aliphatic rings. The zero-order valence-corrected chi connectivity index (χ0v) is 9.02. The Labute approximate surface area is 98.1 Å². The highest BCUT2D eigenvalue weighted by Crippen LogP contribution is 2.36. The summed E-state index contributed by atoms with van der Waals surface area (Å²) in [4.78, 5) is 0. The Balaban J connectivity index is 3.08. The van der Waals surface area contributed by atoms with E-state index in [1.54, 1.807) is 6.92 Å². The van der Waals surface area contributed by atoms with Crippen LogP contribution in [-0.2, 0) is 6.42 Å². The van der Waals surface area contributed by atoms with Gasteiger partial charge < -0.3 is 9.47 Å². The molecule has 0 heterocycles. The van der Waals surface area contributed by atoms with E-state index in [9.17, 15) is 26.3 Å². The Bertz CT molecular complexity index is 410. The molecule has 0 aromatic heterocycles. The molecule has 0 aliphatic carbocycles. The smallest absolute Gasteiger partial charge is 0.402 e. The zero-order valence-electron chi connectivity index (χ0n) is 9.02. The fraction of sp³-hybridized carbons (Fsp3) is 0.400. The van der Waals surface area contributed by atoms with Gasteiger partial charge >= 0.3 is 12.7 Å². The summed E-state index contributed by atoms with van der Waals surface area (Å²) in [5, 5.41) is 0. The number of alkyl halides is 6. The van der Waals surface area contributed by atoms with Gasteiger partial charge in [0.15, 0.2) is 11.5 Å². The largest absolute Gasteiger partial charge is 0.573 e. The van der Waals surface area contributed by atoms with Gasteiger partial charge in [-0.2, -0.15) is 0 Å². The summed E-state index contributed by atoms with van der Waals surface area (Å²) in [5.74, 6) is -2.05. The van der Waals surface area contributed by atoms with Gasteiger partial charge in [0.2, 0.25) is 0 Å². The van der Waals surface area contributed by atoms with Crippen LogP contribution in [0.4, 0.5) is 26.3 Å². The molecule has 0 amide bonds. The first-order chi connectivity index (χ1) is 8.11. The van der Waals surface area contributed by atoms with E-state index in [1.807, 2.05) is 0 Å². The van der Waals surface area contributed by atoms with Crippen molar-refractivity contribution in [2.24, 2.45) is 0 Å². The Morgan fingerprint density at radius 2 is 1.39 bits per heavy atom. The second-order valence-corrected chi connectivity index (χ2v) is 3.23. The van der Waals surface area contributed by atoms with Crippen LogP contribution in [0, 0.1) is 0 Å². The van der Waals surface area contributed by atoms with E-state index < -0.39 is 24.2 Å². The van der Waals surface area contributed by atoms with Crippen LogP contribution in [0.2, 0.25) is 0 Å². The van der Waals surface area contributed by atoms with Crippen molar-refractivity contribution in [3.05, 3.63) is 23.8 Å². The van der Waals surface area contributed by atoms with Crippen LogP contribution >= 0.6 is 0 Å². The minimum absolute atomic E-state index is 0.348. The molecule has 102 valence electrons. The summed E-state index contributed by atoms with van der Waals surface area (Å²) in [7, 11) is 0. The predicted octanol–water partition coefficient (Wildman–Crippen LogP) is 4.05. The second-order valence-electron chi connectivity index (χ2n) is 3.23. The first kappa shape index (κ1) is 14.5. The highest BCUT2D eigenvalue weighted by Gasteiger charge is 2.36. The molecule has 0 saturated heterocycles. The van der Waals surface area contributed by atoms with Crippen molar-refractivity contribution in [1.82, 2.24) is 0 Å². The van der Waals surface area contributed by atoms with Gasteiger partial charge in [0.05, 0.1) is 0 Å². The summed E-state index contributed by atoms with van der Waals surface area (Å²) in [6.45, 7) is 1.64. The van der Waals surface area contributed by atoms with Gasteiger partial charge in [-0.15, -0.1) is 26.3 Å². The summed E-state index contributed by atoms with van der Waals surface area (Å²) < 4.78 is 79.0. The van der Waals surface area contributed by atoms with E-state index in [0.29, 0.717) is 12.0 Å². The number of benzene rings is 1. The molecule has 0 unspecified atom stereocenters. The molecule has 1 aromatic carbocycles. The fourth-order valence-electron chi connectivity index (χ4n) is 1.19. The van der Waals surface area contributed by atoms with Crippen molar-refractivity contribution >= 4 is 0 Å². The van der Waals surface area contributed by atoms with Gasteiger partial charge in [-0.3, -0.25) is 0 Å². The van der Waals surface area contributed by atoms with Gasteiger partial charge in [0, 0.05) is 0 Å². The molecule has 0 fully saturated rings. The molecule has 8 heteroatoms. The van der Waals surface area contributed by atoms with E-state index in [1.165, 1.54) is 6.07 Å². The van der Waals surface area contributed by atoms with Crippen LogP contribution in [0.1, 0.15) is 12.5 Å². The average molecular weight is 274 g/mol. The number of ether oxygens (including phenoxy) is 2. The topological polar surface area (TPSA) is 18.5 Å². The molecular formula is C10H8F6O2. The number of hydrogen-bond acceptors (Lipinski definition) is 2. The molecule has 0 saturated carbocycles. The van der Waals surface area contributed by atoms with Crippen LogP contribution in [-0.4, -0.2) is 12.7 Å². The summed E-state index contributed by atoms with van der Waals surface area (Å²) in [5.41, 5.74) is 0.392. The first-order valence-corrected chi connectivity index (χ1v) is 4.75. The molecule has 0 atom stereocenters. The van der Waals surface area contributed by atoms with Crippen molar-refractivity contribution in [1.29, 1.82) is 0 Å². The maximum atomic E-state index is 12.0. The van der Waals surface area contributed by atoms with Gasteiger partial charge in [-0.05, 0) is 24.1 Å². The lowest BCUT2D eigenvalue weighted by Crippen LogP contribution is -2.21. The van der Waals surface area contributed by atoms with Gasteiger partial charge in [-0.25, -0.2) is 0 Å². The minimum atomic E-state index is -5.09. The molecule has 0 aliphatic heterocycles. The Morgan fingerprint density at radius 3 is 1.83 bits per heavy atom. The van der Waals surface area contributed by atoms with E-state index in [4.69, 9.17) is 0 Å². The molecule has 2 nitrogen and oxygen atoms in total. The van der Waals surface area contributed by atoms with Gasteiger partial charge in [-0.1, -0.05) is 13.0 Å². The van der Waals surface area contributed by atoms with Crippen LogP contribution in [0.5, 0.6) is 11.5 Å². The molecule has 18 heavy (non-hydrogen) atoms. The van der Waals surface area contributed by atoms with Crippen molar-refractivity contribution in [2.45, 2.75) is 26.1 Å². The third kappa shape index (κ3) is 4.72. The standard InChI is InChI=1S/C10H8F6O2/c1-2-6-3-4-7(17-9(11,12)13)8(5-6)18-10(14,15)16/h3-5H,2H2,1H3. The molecule has 1 rings (SSSR count). The Morgan fingerprint density at radius 1 is 0.889 bits per heavy atom. The van der Waals surface area contributed by atoms with Crippen LogP contribution < -0.4 is 9.47 Å². The molecule has 0 spiro atoms. The average Bonchev–Trinajstić information content (AvgIpc) is 2.16. The maximum absolute atomic E-state index is 12.0. The predicted molar refractivity (Wildman–Crippen MR) is 49.2 cm³/mol. The van der Waals surface area contributed by atoms with Crippen LogP contribution in [0.25, 0.3) is 0 Å². The van der Waals surface area contributed by atoms with E-state index >= 15 is 0 Å². The molecule has 0 bridgehead atoms. The van der Waals surface area contributed by atoms with E-state index in [2.05, 4.69) is 9.47 Å². The Hall–Kier alpha value is -1.60. The number of hydrogen-bond donors (Lipinski definition) is 0. The molecule has 0 N–H and O–H groups in total. The minimum Gasteiger partial charge on any atom is -0.402 e. The normalized spacial score (nSPS) is 12.4. The first-order valence-electron chi connectivity index (χ1n) is 4.75. The fourth-order valence-corrected chi connectivity index (χ4v) is 1.19. The summed E-state index contributed by atoms with van der Waals surface area (Å²) in [6.07, 6.45) is -9.83. The quantitative estimate of drug-likeness (QED) is 0.774. The summed E-state index contributed by atoms with van der Waals surface area (Å²) in [6, 6.07) is 2.87. The lowest BCUT2D eigenvalue weighted by atomic mass is 10.1. The number of halogens is 6. The molecule has 1 aromatic rings. The SMILES string of the molecule is CCc1ccc(OC(F)(F)F)c(OC(F)(F)F)c1. The van der Waals surface area contributed by atoms with Crippen molar-refractivity contribution in [2.75, 3.05) is 0 Å². The second kappa shape index (κ2) is 4.95. The van der Waals surface area contributed by atoms with E-state index in [0.717, 1.165) is 12.1 Å². The number of rotatable bonds is 3. The monoisotopic (exact) mass is 274 g/mol. The van der Waals surface area contributed by atoms with Crippen molar-refractivity contribution < 1.29 is 35.8 Å². The maximum Gasteiger partial charge on any atom is 0.573 e. The molecule has 0 radical (unpaired) electrons. The number of aryl methyl sites for hydroxylation is 1. The lowest BCUT2D eigenvalue weighted by Gasteiger charge is -2.16. The zero-order chi connectivity index (χ0) is 14.0. The van der Waals surface area contributed by atoms with Crippen molar-refractivity contribution in [3.63, 3.8) is 0 Å². The van der Waals surface area contributed by atoms with Gasteiger partial charge in [0.1, 0.15) is 0 Å². The third-order valence-electron chi connectivity index (χ3n) is 1.87. The van der Waals surface area contributed by atoms with Gasteiger partial charge in [0.25, 0.3) is 0 Å². The highest BCUT2D eigenvalue weighted by molar-refractivity contribution is 5.43. The van der Waals surface area contributed by atoms with Crippen molar-refractivity contribution in [3.8, 4) is 11.5 Å². The highest BCUT2D eigenvalue weighted by atomic mass is 19.4. The Kier molecular flexibility index (Phi) is 3.98. The summed E-state index contributed by atoms with van der Waals surface area (Å²) >= 11 is 0. The third-order valence-corrected chi connectivity index (χ3v) is 1.87. The van der Waals surface area contributed by atoms with E-state index in [-0.39, 0.29) is 0 Å². The lowest BCUT2D eigenvalue weighted by molar-refractivity contribution is -0.287.